The van der Waals surface area contributed by atoms with Crippen molar-refractivity contribution in [2.24, 2.45) is 4.99 Å². The van der Waals surface area contributed by atoms with Crippen LogP contribution in [0.1, 0.15) is 31.9 Å². The molecule has 21 heteroatoms. The molecule has 2 saturated heterocycles. The molecule has 0 radical (unpaired) electrons. The van der Waals surface area contributed by atoms with E-state index in [1.165, 1.54) is 0 Å². The molecule has 16 nitrogen and oxygen atoms in total. The number of aliphatic imine (C=N–C) groups is 1. The van der Waals surface area contributed by atoms with E-state index < -0.39 is 23.8 Å². The van der Waals surface area contributed by atoms with E-state index in [2.05, 4.69) is 25.6 Å². The van der Waals surface area contributed by atoms with Gasteiger partial charge in [-0.05, 0) is 104 Å². The number of ether oxygens (including phenoxy) is 5. The second kappa shape index (κ2) is 21.3. The summed E-state index contributed by atoms with van der Waals surface area (Å²) in [6, 6.07) is 14.9. The number of carbonyl (C=O) groups excluding carboxylic acids is 3. The number of aliphatic carboxylic acids is 1. The lowest BCUT2D eigenvalue weighted by Crippen LogP contribution is -2.25. The lowest BCUT2D eigenvalue weighted by atomic mass is 10.1. The summed E-state index contributed by atoms with van der Waals surface area (Å²) in [5.41, 5.74) is 2.59. The van der Waals surface area contributed by atoms with Crippen LogP contribution < -0.4 is 20.1 Å². The van der Waals surface area contributed by atoms with Gasteiger partial charge < -0.3 is 39.4 Å². The molecule has 2 aromatic heterocycles. The lowest BCUT2D eigenvalue weighted by molar-refractivity contribution is -0.192. The number of benzene rings is 2. The van der Waals surface area contributed by atoms with Gasteiger partial charge in [-0.2, -0.15) is 18.2 Å². The number of carboxylic acids is 1. The molecule has 4 aromatic rings. The van der Waals surface area contributed by atoms with Crippen LogP contribution in [0.2, 0.25) is 0 Å². The van der Waals surface area contributed by atoms with Crippen molar-refractivity contribution < 1.29 is 61.1 Å². The third-order valence-corrected chi connectivity index (χ3v) is 9.02. The van der Waals surface area contributed by atoms with Gasteiger partial charge in [0.15, 0.2) is 10.3 Å². The Morgan fingerprint density at radius 3 is 1.67 bits per heavy atom. The highest BCUT2D eigenvalue weighted by molar-refractivity contribution is 8.19. The molecular weight excluding hydrogens is 834 g/mol. The minimum atomic E-state index is -5.08. The van der Waals surface area contributed by atoms with E-state index in [0.717, 1.165) is 62.2 Å². The Morgan fingerprint density at radius 1 is 0.783 bits per heavy atom. The minimum Gasteiger partial charge on any atom is -0.490 e. The second-order valence-electron chi connectivity index (χ2n) is 13.0. The molecular formula is C39H39F3N6O10S2. The number of nitrogens with one attached hydrogen (secondary N) is 3. The number of methoxy groups -OCH3 is 2. The molecule has 4 heterocycles. The standard InChI is InChI=1S/C21H23N3O5S.C16H15N3O3S.C2HF3O2/c1-21(2,3)29-20(26)24-19-23-18(25)17(30-19)12-13-5-6-15-14(11-13)16(7-8-22-15)28-10-9-27-4;1-21-6-7-22-13-4-5-18-12-3-2-10(8-11(12)13)9-14-15(20)19-16(17)23-14;3-2(4,5)1(6)7/h5-8,11-12H,9-10H2,1-4H3,(H,23,24,25,26);2-5,8-9H,6-7H2,1H3,(H2,17,19,20);(H,6,7)/b17-12-;14-9-;. The summed E-state index contributed by atoms with van der Waals surface area (Å²) in [5, 5.41) is 21.7. The number of rotatable bonds is 10. The Hall–Kier alpha value is -6.03. The summed E-state index contributed by atoms with van der Waals surface area (Å²) in [4.78, 5) is 58.1. The van der Waals surface area contributed by atoms with E-state index in [4.69, 9.17) is 39.0 Å². The van der Waals surface area contributed by atoms with Crippen LogP contribution in [0.3, 0.4) is 0 Å². The molecule has 6 rings (SSSR count). The molecule has 4 N–H and O–H groups in total. The fraction of sp³-hybridized carbons (Fsp3) is 0.282. The Balaban J connectivity index is 0.000000234. The van der Waals surface area contributed by atoms with Gasteiger partial charge in [-0.15, -0.1) is 0 Å². The van der Waals surface area contributed by atoms with E-state index in [1.54, 1.807) is 65.6 Å². The van der Waals surface area contributed by atoms with Crippen molar-refractivity contribution in [1.29, 1.82) is 5.41 Å². The van der Waals surface area contributed by atoms with Crippen molar-refractivity contribution in [3.05, 3.63) is 81.9 Å². The van der Waals surface area contributed by atoms with Gasteiger partial charge in [-0.25, -0.2) is 9.59 Å². The van der Waals surface area contributed by atoms with E-state index >= 15 is 0 Å². The van der Waals surface area contributed by atoms with E-state index in [-0.39, 0.29) is 22.1 Å². The number of hydrogen-bond acceptors (Lipinski definition) is 14. The summed E-state index contributed by atoms with van der Waals surface area (Å²) in [7, 11) is 3.24. The second-order valence-corrected chi connectivity index (χ2v) is 15.1. The van der Waals surface area contributed by atoms with Crippen LogP contribution in [-0.4, -0.2) is 102 Å². The molecule has 0 bridgehead atoms. The van der Waals surface area contributed by atoms with Gasteiger partial charge in [0, 0.05) is 37.4 Å². The fourth-order valence-electron chi connectivity index (χ4n) is 4.77. The average molecular weight is 873 g/mol. The maximum Gasteiger partial charge on any atom is 0.490 e. The largest absolute Gasteiger partial charge is 0.490 e. The molecule has 0 unspecified atom stereocenters. The summed E-state index contributed by atoms with van der Waals surface area (Å²) >= 11 is 2.20. The molecule has 0 aliphatic carbocycles. The monoisotopic (exact) mass is 872 g/mol. The molecule has 0 atom stereocenters. The predicted molar refractivity (Wildman–Crippen MR) is 221 cm³/mol. The van der Waals surface area contributed by atoms with Crippen molar-refractivity contribution >= 4 is 91.7 Å². The van der Waals surface area contributed by atoms with Crippen LogP contribution >= 0.6 is 23.5 Å². The van der Waals surface area contributed by atoms with Gasteiger partial charge in [-0.1, -0.05) is 12.1 Å². The molecule has 318 valence electrons. The normalized spacial score (nSPS) is 15.9. The molecule has 2 aromatic carbocycles. The third kappa shape index (κ3) is 14.4. The summed E-state index contributed by atoms with van der Waals surface area (Å²) in [6.07, 6.45) is 1.03. The number of pyridine rings is 2. The number of alkyl halides is 3. The van der Waals surface area contributed by atoms with Crippen LogP contribution in [0.5, 0.6) is 11.5 Å². The van der Waals surface area contributed by atoms with Crippen molar-refractivity contribution in [3.8, 4) is 11.5 Å². The number of thioether (sulfide) groups is 2. The number of amides is 3. The molecule has 3 amide bonds. The van der Waals surface area contributed by atoms with Gasteiger partial charge in [0.1, 0.15) is 30.3 Å². The van der Waals surface area contributed by atoms with E-state index in [0.29, 0.717) is 42.0 Å². The van der Waals surface area contributed by atoms with Crippen molar-refractivity contribution in [1.82, 2.24) is 20.6 Å². The smallest absolute Gasteiger partial charge is 0.490 e. The minimum absolute atomic E-state index is 0.146. The van der Waals surface area contributed by atoms with Gasteiger partial charge >= 0.3 is 18.2 Å². The van der Waals surface area contributed by atoms with Gasteiger partial charge in [0.05, 0.1) is 34.1 Å². The fourth-order valence-corrected chi connectivity index (χ4v) is 6.28. The third-order valence-electron chi connectivity index (χ3n) is 7.28. The first-order chi connectivity index (χ1) is 28.4. The topological polar surface area (TPSA) is 221 Å². The van der Waals surface area contributed by atoms with E-state index in [1.807, 2.05) is 42.5 Å². The van der Waals surface area contributed by atoms with E-state index in [9.17, 15) is 27.6 Å². The number of carboxylic acid groups (broad SMARTS) is 1. The highest BCUT2D eigenvalue weighted by atomic mass is 32.2. The highest BCUT2D eigenvalue weighted by Crippen LogP contribution is 2.31. The number of aromatic nitrogens is 2. The van der Waals surface area contributed by atoms with Crippen molar-refractivity contribution in [3.63, 3.8) is 0 Å². The van der Waals surface area contributed by atoms with Gasteiger partial charge in [0.2, 0.25) is 0 Å². The number of fused-ring (bicyclic) bond motifs is 2. The van der Waals surface area contributed by atoms with Crippen LogP contribution in [-0.2, 0) is 28.6 Å². The van der Waals surface area contributed by atoms with Crippen LogP contribution in [0.4, 0.5) is 18.0 Å². The van der Waals surface area contributed by atoms with Gasteiger partial charge in [0.25, 0.3) is 11.8 Å². The predicted octanol–water partition coefficient (Wildman–Crippen LogP) is 6.79. The molecule has 0 spiro atoms. The number of carbonyl (C=O) groups is 4. The summed E-state index contributed by atoms with van der Waals surface area (Å²) < 4.78 is 58.4. The van der Waals surface area contributed by atoms with Crippen molar-refractivity contribution in [2.45, 2.75) is 32.5 Å². The zero-order valence-electron chi connectivity index (χ0n) is 32.7. The Labute approximate surface area is 349 Å². The van der Waals surface area contributed by atoms with Crippen molar-refractivity contribution in [2.75, 3.05) is 40.6 Å². The quantitative estimate of drug-likeness (QED) is 0.0953. The first kappa shape index (κ1) is 46.7. The Bertz CT molecular complexity index is 2350. The summed E-state index contributed by atoms with van der Waals surface area (Å²) in [5.74, 6) is -1.92. The van der Waals surface area contributed by atoms with Gasteiger partial charge in [-0.3, -0.25) is 25.0 Å². The number of hydrogen-bond donors (Lipinski definition) is 4. The highest BCUT2D eigenvalue weighted by Gasteiger charge is 2.38. The zero-order valence-corrected chi connectivity index (χ0v) is 34.3. The SMILES string of the molecule is COCCOc1ccnc2ccc(/C=C3\SC(=N)NC3=O)cc12.COCCOc1ccnc2ccc(/C=C3\SC(=NC(=O)OC(C)(C)C)NC3=O)cc12.O=C(O)C(F)(F)F. The average Bonchev–Trinajstić information content (AvgIpc) is 3.68. The first-order valence-corrected chi connectivity index (χ1v) is 19.1. The molecule has 2 fully saturated rings. The maximum atomic E-state index is 12.3. The molecule has 2 aliphatic rings. The number of amidine groups is 2. The zero-order chi connectivity index (χ0) is 44.0. The van der Waals surface area contributed by atoms with Crippen LogP contribution in [0.15, 0.2) is 75.7 Å². The molecule has 0 saturated carbocycles. The maximum absolute atomic E-state index is 12.3. The molecule has 2 aliphatic heterocycles. The number of nitrogens with zero attached hydrogens (tertiary/aromatic N) is 3. The Morgan fingerprint density at radius 2 is 1.25 bits per heavy atom. The van der Waals surface area contributed by atoms with Crippen LogP contribution in [0, 0.1) is 5.41 Å². The Kier molecular flexibility index (Phi) is 16.6. The molecule has 60 heavy (non-hydrogen) atoms. The first-order valence-electron chi connectivity index (χ1n) is 17.5. The number of halogens is 3. The lowest BCUT2D eigenvalue weighted by Gasteiger charge is -2.17. The van der Waals surface area contributed by atoms with Crippen LogP contribution in [0.25, 0.3) is 34.0 Å². The summed E-state index contributed by atoms with van der Waals surface area (Å²) in [6.45, 7) is 7.10.